The molecule has 0 aliphatic heterocycles. The lowest BCUT2D eigenvalue weighted by Gasteiger charge is -2.19. The van der Waals surface area contributed by atoms with Crippen molar-refractivity contribution >= 4 is 16.7 Å². The number of anilines is 1. The molecule has 0 unspecified atom stereocenters. The second-order valence-corrected chi connectivity index (χ2v) is 5.89. The quantitative estimate of drug-likeness (QED) is 0.628. The van der Waals surface area contributed by atoms with Crippen LogP contribution in [0, 0.1) is 5.82 Å². The Morgan fingerprint density at radius 2 is 1.70 bits per heavy atom. The Bertz CT molecular complexity index is 692. The smallest absolute Gasteiger partial charge is 0.367 e. The van der Waals surface area contributed by atoms with Gasteiger partial charge in [0, 0.05) is 11.4 Å². The molecule has 23 heavy (non-hydrogen) atoms. The molecule has 7 heteroatoms. The average molecular weight is 327 g/mol. The molecule has 1 heterocycles. The lowest BCUT2D eigenvalue weighted by molar-refractivity contribution is -0.144. The van der Waals surface area contributed by atoms with E-state index in [-0.39, 0.29) is 22.8 Å². The van der Waals surface area contributed by atoms with E-state index in [2.05, 4.69) is 15.3 Å². The predicted molar refractivity (Wildman–Crippen MR) is 79.6 cm³/mol. The van der Waals surface area contributed by atoms with Crippen molar-refractivity contribution in [2.75, 3.05) is 5.32 Å². The lowest BCUT2D eigenvalue weighted by atomic mass is 10.1. The summed E-state index contributed by atoms with van der Waals surface area (Å²) < 4.78 is 52.5. The van der Waals surface area contributed by atoms with Gasteiger partial charge in [0.2, 0.25) is 5.82 Å². The van der Waals surface area contributed by atoms with Gasteiger partial charge in [-0.3, -0.25) is 0 Å². The van der Waals surface area contributed by atoms with Crippen LogP contribution in [0.1, 0.15) is 44.3 Å². The normalized spacial score (nSPS) is 17.2. The van der Waals surface area contributed by atoms with E-state index in [9.17, 15) is 17.6 Å². The fourth-order valence-corrected chi connectivity index (χ4v) is 2.95. The summed E-state index contributed by atoms with van der Waals surface area (Å²) in [6.07, 6.45) is 1.44. The highest BCUT2D eigenvalue weighted by Crippen LogP contribution is 2.31. The number of nitrogens with one attached hydrogen (secondary N) is 1. The van der Waals surface area contributed by atoms with Crippen LogP contribution in [-0.4, -0.2) is 16.0 Å². The van der Waals surface area contributed by atoms with E-state index < -0.39 is 17.8 Å². The minimum Gasteiger partial charge on any atom is -0.367 e. The molecule has 1 aliphatic carbocycles. The van der Waals surface area contributed by atoms with Crippen molar-refractivity contribution < 1.29 is 17.6 Å². The third kappa shape index (κ3) is 3.71. The first-order valence-electron chi connectivity index (χ1n) is 7.74. The minimum absolute atomic E-state index is 0.0555. The van der Waals surface area contributed by atoms with Crippen molar-refractivity contribution in [3.05, 3.63) is 29.8 Å². The van der Waals surface area contributed by atoms with Gasteiger partial charge in [0.25, 0.3) is 0 Å². The van der Waals surface area contributed by atoms with E-state index in [1.165, 1.54) is 12.1 Å². The Labute approximate surface area is 131 Å². The maximum atomic E-state index is 13.5. The third-order valence-corrected chi connectivity index (χ3v) is 4.11. The molecule has 1 aliphatic rings. The zero-order chi connectivity index (χ0) is 16.4. The summed E-state index contributed by atoms with van der Waals surface area (Å²) in [7, 11) is 0. The van der Waals surface area contributed by atoms with Crippen LogP contribution in [0.4, 0.5) is 23.4 Å². The molecule has 0 atom stereocenters. The Hall–Kier alpha value is -1.92. The van der Waals surface area contributed by atoms with E-state index in [0.717, 1.165) is 44.6 Å². The van der Waals surface area contributed by atoms with E-state index in [1.807, 2.05) is 0 Å². The van der Waals surface area contributed by atoms with Crippen LogP contribution in [0.25, 0.3) is 10.9 Å². The lowest BCUT2D eigenvalue weighted by Crippen LogP contribution is -2.21. The third-order valence-electron chi connectivity index (χ3n) is 4.11. The maximum absolute atomic E-state index is 13.5. The van der Waals surface area contributed by atoms with Gasteiger partial charge in [0.1, 0.15) is 11.6 Å². The van der Waals surface area contributed by atoms with Crippen LogP contribution in [0.15, 0.2) is 18.2 Å². The zero-order valence-corrected chi connectivity index (χ0v) is 12.5. The molecule has 1 fully saturated rings. The predicted octanol–water partition coefficient (Wildman–Crippen LogP) is 4.92. The Balaban J connectivity index is 2.03. The first-order valence-corrected chi connectivity index (χ1v) is 7.74. The summed E-state index contributed by atoms with van der Waals surface area (Å²) in [4.78, 5) is 7.14. The molecule has 124 valence electrons. The molecule has 0 spiro atoms. The monoisotopic (exact) mass is 327 g/mol. The van der Waals surface area contributed by atoms with Crippen molar-refractivity contribution in [2.24, 2.45) is 0 Å². The van der Waals surface area contributed by atoms with E-state index >= 15 is 0 Å². The van der Waals surface area contributed by atoms with Gasteiger partial charge < -0.3 is 5.32 Å². The average Bonchev–Trinajstić information content (AvgIpc) is 2.75. The largest absolute Gasteiger partial charge is 0.451 e. The Morgan fingerprint density at radius 1 is 1.00 bits per heavy atom. The highest BCUT2D eigenvalue weighted by atomic mass is 19.4. The Kier molecular flexibility index (Phi) is 4.37. The fourth-order valence-electron chi connectivity index (χ4n) is 2.95. The molecule has 3 rings (SSSR count). The summed E-state index contributed by atoms with van der Waals surface area (Å²) >= 11 is 0. The van der Waals surface area contributed by atoms with Gasteiger partial charge in [0.15, 0.2) is 0 Å². The number of rotatable bonds is 2. The minimum atomic E-state index is -4.64. The van der Waals surface area contributed by atoms with Gasteiger partial charge >= 0.3 is 6.18 Å². The first kappa shape index (κ1) is 16.0. The summed E-state index contributed by atoms with van der Waals surface area (Å²) in [6, 6.07) is 3.58. The number of alkyl halides is 3. The van der Waals surface area contributed by atoms with Crippen LogP contribution in [0.2, 0.25) is 0 Å². The van der Waals surface area contributed by atoms with Crippen molar-refractivity contribution in [1.82, 2.24) is 9.97 Å². The SMILES string of the molecule is Fc1ccc2nc(C(F)(F)F)nc(NC3CCCCCC3)c2c1. The summed E-state index contributed by atoms with van der Waals surface area (Å²) in [6.45, 7) is 0. The molecule has 3 nitrogen and oxygen atoms in total. The molecule has 1 saturated carbocycles. The highest BCUT2D eigenvalue weighted by Gasteiger charge is 2.35. The molecule has 0 saturated heterocycles. The number of hydrogen-bond acceptors (Lipinski definition) is 3. The van der Waals surface area contributed by atoms with Crippen molar-refractivity contribution in [3.8, 4) is 0 Å². The number of fused-ring (bicyclic) bond motifs is 1. The van der Waals surface area contributed by atoms with Gasteiger partial charge in [-0.2, -0.15) is 13.2 Å². The van der Waals surface area contributed by atoms with Crippen LogP contribution in [0.5, 0.6) is 0 Å². The van der Waals surface area contributed by atoms with E-state index in [0.29, 0.717) is 0 Å². The first-order chi connectivity index (χ1) is 10.9. The Morgan fingerprint density at radius 3 is 2.35 bits per heavy atom. The van der Waals surface area contributed by atoms with Crippen LogP contribution >= 0.6 is 0 Å². The number of aromatic nitrogens is 2. The summed E-state index contributed by atoms with van der Waals surface area (Å²) in [5.41, 5.74) is 0.0878. The molecular formula is C16H17F4N3. The van der Waals surface area contributed by atoms with Gasteiger partial charge in [0.05, 0.1) is 5.52 Å². The van der Waals surface area contributed by atoms with E-state index in [4.69, 9.17) is 0 Å². The van der Waals surface area contributed by atoms with E-state index in [1.54, 1.807) is 0 Å². The van der Waals surface area contributed by atoms with Crippen molar-refractivity contribution in [2.45, 2.75) is 50.7 Å². The van der Waals surface area contributed by atoms with Gasteiger partial charge in [-0.15, -0.1) is 0 Å². The molecule has 0 amide bonds. The van der Waals surface area contributed by atoms with Crippen LogP contribution < -0.4 is 5.32 Å². The molecule has 1 N–H and O–H groups in total. The summed E-state index contributed by atoms with van der Waals surface area (Å²) in [5, 5.41) is 3.37. The van der Waals surface area contributed by atoms with Gasteiger partial charge in [-0.25, -0.2) is 14.4 Å². The second-order valence-electron chi connectivity index (χ2n) is 5.89. The number of nitrogens with zero attached hydrogens (tertiary/aromatic N) is 2. The zero-order valence-electron chi connectivity index (χ0n) is 12.5. The van der Waals surface area contributed by atoms with Gasteiger partial charge in [-0.05, 0) is 31.0 Å². The van der Waals surface area contributed by atoms with Crippen LogP contribution in [0.3, 0.4) is 0 Å². The molecule has 1 aromatic carbocycles. The van der Waals surface area contributed by atoms with Crippen LogP contribution in [-0.2, 0) is 6.18 Å². The second kappa shape index (κ2) is 6.29. The highest BCUT2D eigenvalue weighted by molar-refractivity contribution is 5.89. The molecule has 2 aromatic rings. The fraction of sp³-hybridized carbons (Fsp3) is 0.500. The molecule has 1 aromatic heterocycles. The standard InChI is InChI=1S/C16H17F4N3/c17-10-7-8-13-12(9-10)14(23-15(22-13)16(18,19)20)21-11-5-3-1-2-4-6-11/h7-9,11H,1-6H2,(H,21,22,23). The van der Waals surface area contributed by atoms with Crippen molar-refractivity contribution in [1.29, 1.82) is 0 Å². The number of benzene rings is 1. The van der Waals surface area contributed by atoms with Crippen molar-refractivity contribution in [3.63, 3.8) is 0 Å². The number of hydrogen-bond donors (Lipinski definition) is 1. The molecular weight excluding hydrogens is 310 g/mol. The van der Waals surface area contributed by atoms with Gasteiger partial charge in [-0.1, -0.05) is 25.7 Å². The maximum Gasteiger partial charge on any atom is 0.451 e. The molecule has 0 radical (unpaired) electrons. The topological polar surface area (TPSA) is 37.8 Å². The number of halogens is 4. The molecule has 0 bridgehead atoms. The summed E-state index contributed by atoms with van der Waals surface area (Å²) in [5.74, 6) is -1.66.